The van der Waals surface area contributed by atoms with Gasteiger partial charge in [-0.05, 0) is 38.8 Å². The molecular weight excluding hydrogens is 248 g/mol. The fraction of sp³-hybridized carbons (Fsp3) is 0.647. The van der Waals surface area contributed by atoms with Gasteiger partial charge in [-0.25, -0.2) is 0 Å². The Morgan fingerprint density at radius 3 is 2.20 bits per heavy atom. The van der Waals surface area contributed by atoms with Crippen molar-refractivity contribution in [1.82, 2.24) is 9.80 Å². The number of piperazine rings is 1. The molecule has 0 saturated carbocycles. The quantitative estimate of drug-likeness (QED) is 0.913. The van der Waals surface area contributed by atoms with Crippen molar-refractivity contribution in [2.24, 2.45) is 0 Å². The number of hydrogen-bond acceptors (Lipinski definition) is 3. The highest BCUT2D eigenvalue weighted by Crippen LogP contribution is 2.15. The second kappa shape index (κ2) is 6.25. The number of nitrogens with zero attached hydrogens (tertiary/aromatic N) is 2. The van der Waals surface area contributed by atoms with E-state index >= 15 is 0 Å². The molecule has 0 aliphatic carbocycles. The molecule has 0 aromatic heterocycles. The van der Waals surface area contributed by atoms with Crippen LogP contribution in [0.25, 0.3) is 0 Å². The smallest absolute Gasteiger partial charge is 0.0718 e. The lowest BCUT2D eigenvalue weighted by atomic mass is 10.0. The van der Waals surface area contributed by atoms with Crippen molar-refractivity contribution >= 4 is 0 Å². The minimum absolute atomic E-state index is 0.588. The van der Waals surface area contributed by atoms with E-state index in [2.05, 4.69) is 41.8 Å². The Bertz CT molecular complexity index is 443. The first-order valence-electron chi connectivity index (χ1n) is 7.57. The predicted molar refractivity (Wildman–Crippen MR) is 83.9 cm³/mol. The van der Waals surface area contributed by atoms with Crippen LogP contribution in [0.3, 0.4) is 0 Å². The summed E-state index contributed by atoms with van der Waals surface area (Å²) in [6, 6.07) is 6.72. The van der Waals surface area contributed by atoms with Crippen molar-refractivity contribution in [3.05, 3.63) is 34.9 Å². The van der Waals surface area contributed by atoms with Crippen molar-refractivity contribution in [3.8, 4) is 0 Å². The van der Waals surface area contributed by atoms with E-state index in [1.165, 1.54) is 16.7 Å². The van der Waals surface area contributed by atoms with E-state index in [1.54, 1.807) is 0 Å². The first-order chi connectivity index (χ1) is 9.33. The third-order valence-electron chi connectivity index (χ3n) is 3.97. The summed E-state index contributed by atoms with van der Waals surface area (Å²) >= 11 is 0. The van der Waals surface area contributed by atoms with Gasteiger partial charge in [0.05, 0.1) is 5.60 Å². The molecule has 112 valence electrons. The molecular formula is C17H28N2O. The molecule has 0 bridgehead atoms. The van der Waals surface area contributed by atoms with Crippen molar-refractivity contribution in [1.29, 1.82) is 0 Å². The van der Waals surface area contributed by atoms with E-state index in [4.69, 9.17) is 0 Å². The number of aliphatic hydroxyl groups is 1. The molecule has 1 aliphatic rings. The van der Waals surface area contributed by atoms with Gasteiger partial charge in [0.1, 0.15) is 0 Å². The topological polar surface area (TPSA) is 26.7 Å². The maximum atomic E-state index is 9.88. The summed E-state index contributed by atoms with van der Waals surface area (Å²) in [7, 11) is 0. The Balaban J connectivity index is 1.85. The van der Waals surface area contributed by atoms with Crippen LogP contribution in [-0.2, 0) is 6.54 Å². The van der Waals surface area contributed by atoms with Crippen LogP contribution in [0.1, 0.15) is 30.5 Å². The van der Waals surface area contributed by atoms with Crippen LogP contribution in [0.2, 0.25) is 0 Å². The van der Waals surface area contributed by atoms with E-state index in [0.717, 1.165) is 39.3 Å². The predicted octanol–water partition coefficient (Wildman–Crippen LogP) is 2.19. The van der Waals surface area contributed by atoms with Gasteiger partial charge in [-0.3, -0.25) is 9.80 Å². The van der Waals surface area contributed by atoms with E-state index in [0.29, 0.717) is 0 Å². The summed E-state index contributed by atoms with van der Waals surface area (Å²) < 4.78 is 0. The Kier molecular flexibility index (Phi) is 4.84. The largest absolute Gasteiger partial charge is 0.389 e. The van der Waals surface area contributed by atoms with Crippen LogP contribution in [0.5, 0.6) is 0 Å². The number of rotatable bonds is 4. The van der Waals surface area contributed by atoms with Crippen LogP contribution in [0.4, 0.5) is 0 Å². The lowest BCUT2D eigenvalue weighted by Gasteiger charge is -2.37. The molecule has 20 heavy (non-hydrogen) atoms. The summed E-state index contributed by atoms with van der Waals surface area (Å²) in [5.74, 6) is 0. The zero-order valence-electron chi connectivity index (χ0n) is 13.3. The fourth-order valence-corrected chi connectivity index (χ4v) is 2.92. The van der Waals surface area contributed by atoms with Crippen LogP contribution >= 0.6 is 0 Å². The zero-order valence-corrected chi connectivity index (χ0v) is 13.3. The Hall–Kier alpha value is -0.900. The highest BCUT2D eigenvalue weighted by Gasteiger charge is 2.22. The van der Waals surface area contributed by atoms with Gasteiger partial charge in [-0.15, -0.1) is 0 Å². The molecule has 1 heterocycles. The summed E-state index contributed by atoms with van der Waals surface area (Å²) in [5, 5.41) is 9.88. The van der Waals surface area contributed by atoms with Gasteiger partial charge in [0.25, 0.3) is 0 Å². The Morgan fingerprint density at radius 2 is 1.65 bits per heavy atom. The van der Waals surface area contributed by atoms with Crippen molar-refractivity contribution < 1.29 is 5.11 Å². The first-order valence-corrected chi connectivity index (χ1v) is 7.57. The molecule has 1 aliphatic heterocycles. The molecule has 0 unspecified atom stereocenters. The minimum Gasteiger partial charge on any atom is -0.389 e. The van der Waals surface area contributed by atoms with E-state index in [1.807, 2.05) is 13.8 Å². The summed E-state index contributed by atoms with van der Waals surface area (Å²) in [6.45, 7) is 14.2. The highest BCUT2D eigenvalue weighted by atomic mass is 16.3. The summed E-state index contributed by atoms with van der Waals surface area (Å²) in [4.78, 5) is 4.87. The van der Waals surface area contributed by atoms with Crippen LogP contribution < -0.4 is 0 Å². The number of benzene rings is 1. The van der Waals surface area contributed by atoms with Crippen molar-refractivity contribution in [2.45, 2.75) is 39.8 Å². The normalized spacial score (nSPS) is 18.4. The Labute approximate surface area is 123 Å². The fourth-order valence-electron chi connectivity index (χ4n) is 2.92. The molecule has 0 spiro atoms. The van der Waals surface area contributed by atoms with Gasteiger partial charge in [0, 0.05) is 39.3 Å². The van der Waals surface area contributed by atoms with Gasteiger partial charge < -0.3 is 5.11 Å². The standard InChI is InChI=1S/C17H28N2O/c1-14-5-6-16(15(2)11-14)12-18-7-9-19(10-8-18)13-17(3,4)20/h5-6,11,20H,7-10,12-13H2,1-4H3. The first kappa shape index (κ1) is 15.5. The number of aryl methyl sites for hydroxylation is 2. The lowest BCUT2D eigenvalue weighted by Crippen LogP contribution is -2.50. The Morgan fingerprint density at radius 1 is 1.05 bits per heavy atom. The average molecular weight is 276 g/mol. The van der Waals surface area contributed by atoms with Gasteiger partial charge >= 0.3 is 0 Å². The molecule has 0 atom stereocenters. The number of hydrogen-bond donors (Lipinski definition) is 1. The molecule has 1 N–H and O–H groups in total. The van der Waals surface area contributed by atoms with Crippen molar-refractivity contribution in [2.75, 3.05) is 32.7 Å². The zero-order chi connectivity index (χ0) is 14.8. The maximum absolute atomic E-state index is 9.88. The van der Waals surface area contributed by atoms with Gasteiger partial charge in [0.15, 0.2) is 0 Å². The second-order valence-electron chi connectivity index (χ2n) is 6.79. The SMILES string of the molecule is Cc1ccc(CN2CCN(CC(C)(C)O)CC2)c(C)c1. The molecule has 0 radical (unpaired) electrons. The molecule has 1 fully saturated rings. The van der Waals surface area contributed by atoms with E-state index in [-0.39, 0.29) is 0 Å². The van der Waals surface area contributed by atoms with E-state index < -0.39 is 5.60 Å². The third-order valence-corrected chi connectivity index (χ3v) is 3.97. The third kappa shape index (κ3) is 4.58. The monoisotopic (exact) mass is 276 g/mol. The van der Waals surface area contributed by atoms with Gasteiger partial charge in [-0.2, -0.15) is 0 Å². The second-order valence-corrected chi connectivity index (χ2v) is 6.79. The molecule has 2 rings (SSSR count). The minimum atomic E-state index is -0.588. The molecule has 1 aromatic rings. The molecule has 3 nitrogen and oxygen atoms in total. The summed E-state index contributed by atoms with van der Waals surface area (Å²) in [5.41, 5.74) is 3.58. The maximum Gasteiger partial charge on any atom is 0.0718 e. The van der Waals surface area contributed by atoms with E-state index in [9.17, 15) is 5.11 Å². The molecule has 0 amide bonds. The lowest BCUT2D eigenvalue weighted by molar-refractivity contribution is 0.0166. The molecule has 3 heteroatoms. The van der Waals surface area contributed by atoms with Gasteiger partial charge in [-0.1, -0.05) is 23.8 Å². The average Bonchev–Trinajstić information content (AvgIpc) is 2.33. The van der Waals surface area contributed by atoms with Crippen molar-refractivity contribution in [3.63, 3.8) is 0 Å². The van der Waals surface area contributed by atoms with Gasteiger partial charge in [0.2, 0.25) is 0 Å². The summed E-state index contributed by atoms with van der Waals surface area (Å²) in [6.07, 6.45) is 0. The molecule has 1 saturated heterocycles. The van der Waals surface area contributed by atoms with Crippen LogP contribution in [0, 0.1) is 13.8 Å². The van der Waals surface area contributed by atoms with Crippen LogP contribution in [0.15, 0.2) is 18.2 Å². The highest BCUT2D eigenvalue weighted by molar-refractivity contribution is 5.30. The molecule has 1 aromatic carbocycles. The number of β-amino-alcohol motifs (C(OH)–C–C–N with tert-alkyl or cyclic N) is 1. The van der Waals surface area contributed by atoms with Crippen LogP contribution in [-0.4, -0.2) is 53.2 Å².